The first-order valence-corrected chi connectivity index (χ1v) is 8.21. The summed E-state index contributed by atoms with van der Waals surface area (Å²) < 4.78 is 2.94. The molecule has 1 N–H and O–H groups in total. The molecule has 1 amide bonds. The number of amides is 1. The van der Waals surface area contributed by atoms with Gasteiger partial charge in [0.05, 0.1) is 6.54 Å². The van der Waals surface area contributed by atoms with Gasteiger partial charge in [0, 0.05) is 18.5 Å². The quantitative estimate of drug-likeness (QED) is 0.854. The molecule has 3 rings (SSSR count). The molecular weight excluding hydrogens is 304 g/mol. The van der Waals surface area contributed by atoms with Gasteiger partial charge in [-0.05, 0) is 25.0 Å². The molecule has 0 radical (unpaired) electrons. The highest BCUT2D eigenvalue weighted by molar-refractivity contribution is 5.75. The molecule has 0 fully saturated rings. The lowest BCUT2D eigenvalue weighted by Crippen LogP contribution is -2.34. The molecule has 6 heteroatoms. The Morgan fingerprint density at radius 1 is 1.21 bits per heavy atom. The maximum Gasteiger partial charge on any atom is 0.346 e. The highest BCUT2D eigenvalue weighted by Crippen LogP contribution is 2.10. The van der Waals surface area contributed by atoms with Crippen LogP contribution in [0.15, 0.2) is 35.1 Å². The molecule has 2 aromatic rings. The number of benzene rings is 1. The van der Waals surface area contributed by atoms with E-state index in [0.29, 0.717) is 6.54 Å². The normalized spacial score (nSPS) is 13.3. The van der Waals surface area contributed by atoms with E-state index in [-0.39, 0.29) is 24.7 Å². The minimum atomic E-state index is -0.257. The average Bonchev–Trinajstić information content (AvgIpc) is 2.77. The zero-order chi connectivity index (χ0) is 16.8. The fraction of sp³-hybridized carbons (Fsp3) is 0.389. The summed E-state index contributed by atoms with van der Waals surface area (Å²) in [6.07, 6.45) is 3.94. The van der Waals surface area contributed by atoms with Crippen LogP contribution in [0.1, 0.15) is 30.7 Å². The first-order valence-electron chi connectivity index (χ1n) is 8.21. The molecule has 124 valence electrons. The molecule has 1 aliphatic heterocycles. The Morgan fingerprint density at radius 2 is 2.04 bits per heavy atom. The Morgan fingerprint density at radius 3 is 2.88 bits per heavy atom. The van der Waals surface area contributed by atoms with E-state index in [1.807, 2.05) is 30.3 Å². The molecular formula is C18H20N4O2. The summed E-state index contributed by atoms with van der Waals surface area (Å²) in [5.74, 6) is 6.39. The van der Waals surface area contributed by atoms with Crippen LogP contribution in [0.4, 0.5) is 0 Å². The monoisotopic (exact) mass is 324 g/mol. The van der Waals surface area contributed by atoms with E-state index in [2.05, 4.69) is 22.3 Å². The fourth-order valence-corrected chi connectivity index (χ4v) is 2.73. The molecule has 0 spiro atoms. The molecule has 1 aromatic heterocycles. The van der Waals surface area contributed by atoms with E-state index in [1.54, 1.807) is 4.57 Å². The number of hydrogen-bond acceptors (Lipinski definition) is 3. The molecule has 1 aromatic carbocycles. The van der Waals surface area contributed by atoms with E-state index in [1.165, 1.54) is 4.68 Å². The van der Waals surface area contributed by atoms with Crippen molar-refractivity contribution in [3.05, 3.63) is 52.2 Å². The van der Waals surface area contributed by atoms with Crippen LogP contribution in [0.3, 0.4) is 0 Å². The zero-order valence-corrected chi connectivity index (χ0v) is 13.5. The fourth-order valence-electron chi connectivity index (χ4n) is 2.73. The van der Waals surface area contributed by atoms with Gasteiger partial charge >= 0.3 is 5.69 Å². The van der Waals surface area contributed by atoms with Gasteiger partial charge in [0.25, 0.3) is 0 Å². The summed E-state index contributed by atoms with van der Waals surface area (Å²) in [7, 11) is 0. The third-order valence-corrected chi connectivity index (χ3v) is 3.96. The van der Waals surface area contributed by atoms with Crippen LogP contribution in [-0.4, -0.2) is 26.8 Å². The molecule has 2 heterocycles. The van der Waals surface area contributed by atoms with Crippen LogP contribution >= 0.6 is 0 Å². The minimum absolute atomic E-state index is 0.0636. The molecule has 1 aliphatic rings. The lowest BCUT2D eigenvalue weighted by atomic mass is 10.2. The highest BCUT2D eigenvalue weighted by Gasteiger charge is 2.16. The van der Waals surface area contributed by atoms with Crippen molar-refractivity contribution < 1.29 is 4.79 Å². The molecule has 0 unspecified atom stereocenters. The third-order valence-electron chi connectivity index (χ3n) is 3.96. The van der Waals surface area contributed by atoms with Gasteiger partial charge < -0.3 is 5.32 Å². The van der Waals surface area contributed by atoms with Crippen molar-refractivity contribution in [2.24, 2.45) is 0 Å². The topological polar surface area (TPSA) is 68.9 Å². The Balaban J connectivity index is 1.56. The van der Waals surface area contributed by atoms with E-state index in [0.717, 1.165) is 37.1 Å². The Labute approximate surface area is 140 Å². The average molecular weight is 324 g/mol. The van der Waals surface area contributed by atoms with Crippen molar-refractivity contribution in [1.29, 1.82) is 0 Å². The SMILES string of the molecule is O=C(Cn1nc2n(c1=O)CCCCC2)NCC#Cc1ccccc1. The highest BCUT2D eigenvalue weighted by atomic mass is 16.2. The van der Waals surface area contributed by atoms with Crippen LogP contribution in [0.5, 0.6) is 0 Å². The predicted molar refractivity (Wildman–Crippen MR) is 90.4 cm³/mol. The van der Waals surface area contributed by atoms with Gasteiger partial charge in [0.2, 0.25) is 5.91 Å². The summed E-state index contributed by atoms with van der Waals surface area (Å²) in [4.78, 5) is 24.2. The number of hydrogen-bond donors (Lipinski definition) is 1. The maximum atomic E-state index is 12.3. The second kappa shape index (κ2) is 7.64. The van der Waals surface area contributed by atoms with Crippen molar-refractivity contribution in [2.45, 2.75) is 38.8 Å². The molecule has 6 nitrogen and oxygen atoms in total. The van der Waals surface area contributed by atoms with Gasteiger partial charge in [-0.15, -0.1) is 0 Å². The molecule has 0 saturated carbocycles. The van der Waals surface area contributed by atoms with Crippen molar-refractivity contribution in [3.63, 3.8) is 0 Å². The summed E-state index contributed by atoms with van der Waals surface area (Å²) in [6.45, 7) is 0.875. The lowest BCUT2D eigenvalue weighted by Gasteiger charge is -2.01. The van der Waals surface area contributed by atoms with Gasteiger partial charge in [-0.3, -0.25) is 9.36 Å². The van der Waals surface area contributed by atoms with Crippen molar-refractivity contribution in [1.82, 2.24) is 19.7 Å². The van der Waals surface area contributed by atoms with Crippen LogP contribution in [-0.2, 0) is 24.3 Å². The van der Waals surface area contributed by atoms with E-state index in [4.69, 9.17) is 0 Å². The van der Waals surface area contributed by atoms with Gasteiger partial charge in [0.15, 0.2) is 0 Å². The predicted octanol–water partition coefficient (Wildman–Crippen LogP) is 0.939. The summed E-state index contributed by atoms with van der Waals surface area (Å²) in [5, 5.41) is 7.00. The first-order chi connectivity index (χ1) is 11.7. The van der Waals surface area contributed by atoms with Gasteiger partial charge in [-0.2, -0.15) is 5.10 Å². The smallest absolute Gasteiger partial charge is 0.344 e. The van der Waals surface area contributed by atoms with Crippen LogP contribution in [0, 0.1) is 11.8 Å². The van der Waals surface area contributed by atoms with Gasteiger partial charge in [-0.25, -0.2) is 9.48 Å². The summed E-state index contributed by atoms with van der Waals surface area (Å²) >= 11 is 0. The minimum Gasteiger partial charge on any atom is -0.344 e. The van der Waals surface area contributed by atoms with Crippen molar-refractivity contribution in [3.8, 4) is 11.8 Å². The standard InChI is InChI=1S/C18H20N4O2/c23-17(19-12-7-10-15-8-3-1-4-9-15)14-22-18(24)21-13-6-2-5-11-16(21)20-22/h1,3-4,8-9H,2,5-6,11-14H2,(H,19,23). The van der Waals surface area contributed by atoms with E-state index in [9.17, 15) is 9.59 Å². The van der Waals surface area contributed by atoms with Crippen LogP contribution in [0.2, 0.25) is 0 Å². The van der Waals surface area contributed by atoms with E-state index >= 15 is 0 Å². The number of rotatable bonds is 3. The first kappa shape index (κ1) is 16.1. The molecule has 0 bridgehead atoms. The zero-order valence-electron chi connectivity index (χ0n) is 13.5. The second-order valence-electron chi connectivity index (χ2n) is 5.76. The molecule has 0 atom stereocenters. The summed E-state index contributed by atoms with van der Waals surface area (Å²) in [5.41, 5.74) is 0.707. The summed E-state index contributed by atoms with van der Waals surface area (Å²) in [6, 6.07) is 9.58. The Kier molecular flexibility index (Phi) is 5.12. The molecule has 0 aliphatic carbocycles. The second-order valence-corrected chi connectivity index (χ2v) is 5.76. The number of aromatic nitrogens is 3. The number of fused-ring (bicyclic) bond motifs is 1. The molecule has 24 heavy (non-hydrogen) atoms. The number of carbonyl (C=O) groups is 1. The van der Waals surface area contributed by atoms with Gasteiger partial charge in [-0.1, -0.05) is 36.5 Å². The Bertz CT molecular complexity index is 824. The van der Waals surface area contributed by atoms with E-state index < -0.39 is 0 Å². The third kappa shape index (κ3) is 3.93. The number of aryl methyl sites for hydroxylation is 1. The largest absolute Gasteiger partial charge is 0.346 e. The lowest BCUT2D eigenvalue weighted by molar-refractivity contribution is -0.121. The number of nitrogens with zero attached hydrogens (tertiary/aromatic N) is 3. The number of nitrogens with one attached hydrogen (secondary N) is 1. The molecule has 0 saturated heterocycles. The maximum absolute atomic E-state index is 12.3. The Hall–Kier alpha value is -2.81. The number of carbonyl (C=O) groups excluding carboxylic acids is 1. The van der Waals surface area contributed by atoms with Crippen LogP contribution < -0.4 is 11.0 Å². The van der Waals surface area contributed by atoms with Crippen molar-refractivity contribution in [2.75, 3.05) is 6.54 Å². The van der Waals surface area contributed by atoms with Crippen LogP contribution in [0.25, 0.3) is 0 Å². The van der Waals surface area contributed by atoms with Crippen molar-refractivity contribution >= 4 is 5.91 Å². The van der Waals surface area contributed by atoms with Gasteiger partial charge in [0.1, 0.15) is 12.4 Å².